The molecular weight excluding hydrogens is 304 g/mol. The van der Waals surface area contributed by atoms with E-state index in [2.05, 4.69) is 50.0 Å². The van der Waals surface area contributed by atoms with Gasteiger partial charge in [0.15, 0.2) is 0 Å². The van der Waals surface area contributed by atoms with Crippen LogP contribution in [0.2, 0.25) is 0 Å². The Morgan fingerprint density at radius 1 is 1.12 bits per heavy atom. The van der Waals surface area contributed by atoms with Gasteiger partial charge in [0.2, 0.25) is 0 Å². The van der Waals surface area contributed by atoms with E-state index < -0.39 is 0 Å². The van der Waals surface area contributed by atoms with Gasteiger partial charge in [-0.25, -0.2) is 14.6 Å². The number of pyridine rings is 1. The molecule has 3 aromatic rings. The second-order valence-corrected chi connectivity index (χ2v) is 5.25. The first-order valence-electron chi connectivity index (χ1n) is 7.58. The van der Waals surface area contributed by atoms with Gasteiger partial charge < -0.3 is 10.6 Å². The Balaban J connectivity index is 1.59. The zero-order valence-corrected chi connectivity index (χ0v) is 13.3. The molecule has 0 saturated heterocycles. The largest absolute Gasteiger partial charge is 0.366 e. The molecule has 122 valence electrons. The third-order valence-electron chi connectivity index (χ3n) is 3.52. The summed E-state index contributed by atoms with van der Waals surface area (Å²) in [6.45, 7) is 1.33. The highest BCUT2D eigenvalue weighted by Gasteiger charge is 2.05. The molecule has 2 heterocycles. The number of benzene rings is 1. The smallest absolute Gasteiger partial charge is 0.269 e. The lowest BCUT2D eigenvalue weighted by Gasteiger charge is -2.08. The van der Waals surface area contributed by atoms with Gasteiger partial charge in [0.05, 0.1) is 6.54 Å². The average molecular weight is 322 g/mol. The summed E-state index contributed by atoms with van der Waals surface area (Å²) in [7, 11) is 1.59. The quantitative estimate of drug-likeness (QED) is 0.721. The fourth-order valence-corrected chi connectivity index (χ4v) is 2.24. The number of carbonyl (C=O) groups is 1. The minimum absolute atomic E-state index is 0.198. The minimum atomic E-state index is -0.198. The van der Waals surface area contributed by atoms with Crippen LogP contribution >= 0.6 is 0 Å². The molecular formula is C17H18N6O. The lowest BCUT2D eigenvalue weighted by Crippen LogP contribution is -2.19. The van der Waals surface area contributed by atoms with E-state index >= 15 is 0 Å². The van der Waals surface area contributed by atoms with Gasteiger partial charge in [-0.1, -0.05) is 30.3 Å². The van der Waals surface area contributed by atoms with Crippen molar-refractivity contribution in [2.75, 3.05) is 12.4 Å². The lowest BCUT2D eigenvalue weighted by molar-refractivity contribution is 0.0958. The van der Waals surface area contributed by atoms with Gasteiger partial charge in [-0.15, -0.1) is 0 Å². The van der Waals surface area contributed by atoms with Crippen LogP contribution in [0, 0.1) is 0 Å². The number of hydrogen-bond donors (Lipinski definition) is 2. The number of rotatable bonds is 6. The summed E-state index contributed by atoms with van der Waals surface area (Å²) in [5.74, 6) is 0.471. The Bertz CT molecular complexity index is 798. The van der Waals surface area contributed by atoms with Crippen molar-refractivity contribution in [1.29, 1.82) is 0 Å². The van der Waals surface area contributed by atoms with E-state index in [-0.39, 0.29) is 5.91 Å². The second kappa shape index (κ2) is 7.36. The van der Waals surface area contributed by atoms with Gasteiger partial charge in [0.25, 0.3) is 5.91 Å². The van der Waals surface area contributed by atoms with Crippen LogP contribution in [-0.2, 0) is 13.1 Å². The summed E-state index contributed by atoms with van der Waals surface area (Å²) in [6, 6.07) is 13.6. The Morgan fingerprint density at radius 2 is 1.92 bits per heavy atom. The molecule has 0 aliphatic rings. The van der Waals surface area contributed by atoms with Crippen molar-refractivity contribution in [3.63, 3.8) is 0 Å². The Kier molecular flexibility index (Phi) is 4.81. The van der Waals surface area contributed by atoms with Crippen molar-refractivity contribution in [2.45, 2.75) is 13.1 Å². The van der Waals surface area contributed by atoms with Gasteiger partial charge in [-0.05, 0) is 23.3 Å². The topological polar surface area (TPSA) is 84.7 Å². The fourth-order valence-electron chi connectivity index (χ4n) is 2.24. The SMILES string of the molecule is CNC(=O)c1cccc(NCc2ccc(Cn3cncn3)cc2)n1. The Labute approximate surface area is 139 Å². The first-order valence-corrected chi connectivity index (χ1v) is 7.58. The van der Waals surface area contributed by atoms with Crippen LogP contribution in [0.4, 0.5) is 5.82 Å². The Morgan fingerprint density at radius 3 is 2.62 bits per heavy atom. The van der Waals surface area contributed by atoms with Crippen LogP contribution in [0.25, 0.3) is 0 Å². The summed E-state index contributed by atoms with van der Waals surface area (Å²) in [5.41, 5.74) is 2.68. The summed E-state index contributed by atoms with van der Waals surface area (Å²) < 4.78 is 1.78. The standard InChI is InChI=1S/C17H18N6O/c1-18-17(24)15-3-2-4-16(22-15)20-9-13-5-7-14(8-6-13)10-23-12-19-11-21-23/h2-8,11-12H,9-10H2,1H3,(H,18,24)(H,20,22). The molecule has 0 atom stereocenters. The van der Waals surface area contributed by atoms with Gasteiger partial charge >= 0.3 is 0 Å². The Hall–Kier alpha value is -3.22. The maximum absolute atomic E-state index is 11.6. The number of nitrogens with one attached hydrogen (secondary N) is 2. The highest BCUT2D eigenvalue weighted by Crippen LogP contribution is 2.10. The van der Waals surface area contributed by atoms with Crippen LogP contribution in [0.3, 0.4) is 0 Å². The van der Waals surface area contributed by atoms with E-state index in [0.29, 0.717) is 24.6 Å². The molecule has 7 heteroatoms. The number of aromatic nitrogens is 4. The van der Waals surface area contributed by atoms with Gasteiger partial charge in [0.1, 0.15) is 24.2 Å². The third kappa shape index (κ3) is 3.95. The third-order valence-corrected chi connectivity index (χ3v) is 3.52. The lowest BCUT2D eigenvalue weighted by atomic mass is 10.1. The summed E-state index contributed by atoms with van der Waals surface area (Å²) in [6.07, 6.45) is 3.22. The van der Waals surface area contributed by atoms with Crippen LogP contribution in [0.15, 0.2) is 55.1 Å². The molecule has 0 fully saturated rings. The summed E-state index contributed by atoms with van der Waals surface area (Å²) in [4.78, 5) is 19.8. The van der Waals surface area contributed by atoms with Crippen LogP contribution < -0.4 is 10.6 Å². The van der Waals surface area contributed by atoms with Crippen molar-refractivity contribution >= 4 is 11.7 Å². The summed E-state index contributed by atoms with van der Waals surface area (Å²) in [5, 5.41) is 9.88. The van der Waals surface area contributed by atoms with E-state index in [1.807, 2.05) is 6.07 Å². The van der Waals surface area contributed by atoms with E-state index in [9.17, 15) is 4.79 Å². The zero-order valence-electron chi connectivity index (χ0n) is 13.3. The van der Waals surface area contributed by atoms with Crippen molar-refractivity contribution in [3.8, 4) is 0 Å². The maximum Gasteiger partial charge on any atom is 0.269 e. The van der Waals surface area contributed by atoms with Gasteiger partial charge in [-0.3, -0.25) is 4.79 Å². The molecule has 0 bridgehead atoms. The van der Waals surface area contributed by atoms with Crippen molar-refractivity contribution in [2.24, 2.45) is 0 Å². The molecule has 0 aliphatic carbocycles. The molecule has 0 spiro atoms. The predicted molar refractivity (Wildman–Crippen MR) is 90.5 cm³/mol. The molecule has 2 N–H and O–H groups in total. The minimum Gasteiger partial charge on any atom is -0.366 e. The van der Waals surface area contributed by atoms with Crippen molar-refractivity contribution in [1.82, 2.24) is 25.1 Å². The molecule has 1 aromatic carbocycles. The molecule has 1 amide bonds. The van der Waals surface area contributed by atoms with E-state index in [1.165, 1.54) is 6.33 Å². The monoisotopic (exact) mass is 322 g/mol. The fraction of sp³-hybridized carbons (Fsp3) is 0.176. The van der Waals surface area contributed by atoms with Crippen molar-refractivity contribution < 1.29 is 4.79 Å². The first kappa shape index (κ1) is 15.7. The van der Waals surface area contributed by atoms with Crippen molar-refractivity contribution in [3.05, 3.63) is 71.9 Å². The molecule has 0 aliphatic heterocycles. The van der Waals surface area contributed by atoms with Crippen LogP contribution in [-0.4, -0.2) is 32.7 Å². The summed E-state index contributed by atoms with van der Waals surface area (Å²) >= 11 is 0. The van der Waals surface area contributed by atoms with Gasteiger partial charge in [-0.2, -0.15) is 5.10 Å². The van der Waals surface area contributed by atoms with Crippen LogP contribution in [0.5, 0.6) is 0 Å². The number of nitrogens with zero attached hydrogens (tertiary/aromatic N) is 4. The number of hydrogen-bond acceptors (Lipinski definition) is 5. The predicted octanol–water partition coefficient (Wildman–Crippen LogP) is 1.69. The molecule has 0 saturated carbocycles. The number of carbonyl (C=O) groups excluding carboxylic acids is 1. The molecule has 2 aromatic heterocycles. The number of anilines is 1. The molecule has 3 rings (SSSR count). The van der Waals surface area contributed by atoms with E-state index in [4.69, 9.17) is 0 Å². The molecule has 24 heavy (non-hydrogen) atoms. The van der Waals surface area contributed by atoms with E-state index in [1.54, 1.807) is 30.2 Å². The maximum atomic E-state index is 11.6. The normalized spacial score (nSPS) is 10.4. The van der Waals surface area contributed by atoms with Crippen LogP contribution in [0.1, 0.15) is 21.6 Å². The van der Waals surface area contributed by atoms with Gasteiger partial charge in [0, 0.05) is 13.6 Å². The molecule has 0 radical (unpaired) electrons. The average Bonchev–Trinajstić information content (AvgIpc) is 3.14. The zero-order chi connectivity index (χ0) is 16.8. The first-order chi connectivity index (χ1) is 11.7. The molecule has 0 unspecified atom stereocenters. The second-order valence-electron chi connectivity index (χ2n) is 5.25. The molecule has 7 nitrogen and oxygen atoms in total. The highest BCUT2D eigenvalue weighted by atomic mass is 16.1. The van der Waals surface area contributed by atoms with E-state index in [0.717, 1.165) is 11.1 Å². The number of amides is 1. The highest BCUT2D eigenvalue weighted by molar-refractivity contribution is 5.92.